The monoisotopic (exact) mass is 430 g/mol. The largest absolute Gasteiger partial charge is 0.496 e. The van der Waals surface area contributed by atoms with Gasteiger partial charge >= 0.3 is 0 Å². The fourth-order valence-electron chi connectivity index (χ4n) is 3.90. The van der Waals surface area contributed by atoms with Crippen LogP contribution in [-0.4, -0.2) is 33.5 Å². The molecular weight excluding hydrogens is 408 g/mol. The summed E-state index contributed by atoms with van der Waals surface area (Å²) in [5, 5.41) is 0.942. The molecule has 0 unspecified atom stereocenters. The minimum atomic E-state index is -0.0485. The number of aromatic amines is 1. The zero-order valence-electron chi connectivity index (χ0n) is 17.2. The summed E-state index contributed by atoms with van der Waals surface area (Å²) in [6.07, 6.45) is 2.68. The number of hydrogen-bond acceptors (Lipinski definition) is 6. The van der Waals surface area contributed by atoms with E-state index in [1.807, 2.05) is 60.8 Å². The average Bonchev–Trinajstić information content (AvgIpc) is 3.28. The van der Waals surface area contributed by atoms with Crippen LogP contribution in [0.4, 0.5) is 0 Å². The van der Waals surface area contributed by atoms with Crippen LogP contribution in [0.5, 0.6) is 5.75 Å². The highest BCUT2D eigenvalue weighted by molar-refractivity contribution is 7.15. The summed E-state index contributed by atoms with van der Waals surface area (Å²) in [6.45, 7) is 2.21. The number of rotatable bonds is 5. The second-order valence-electron chi connectivity index (χ2n) is 7.50. The van der Waals surface area contributed by atoms with E-state index in [0.29, 0.717) is 12.4 Å². The number of thiazole rings is 1. The van der Waals surface area contributed by atoms with Crippen molar-refractivity contribution < 1.29 is 4.74 Å². The minimum Gasteiger partial charge on any atom is -0.496 e. The van der Waals surface area contributed by atoms with Crippen LogP contribution in [0.25, 0.3) is 22.0 Å². The Labute approximate surface area is 184 Å². The number of fused-ring (bicyclic) bond motifs is 1. The quantitative estimate of drug-likeness (QED) is 0.516. The van der Waals surface area contributed by atoms with E-state index in [4.69, 9.17) is 9.72 Å². The molecule has 156 valence electrons. The Bertz CT molecular complexity index is 1270. The van der Waals surface area contributed by atoms with Crippen molar-refractivity contribution >= 4 is 11.3 Å². The Hall–Kier alpha value is -3.29. The first kappa shape index (κ1) is 19.7. The second-order valence-corrected chi connectivity index (χ2v) is 8.61. The molecule has 1 aliphatic rings. The number of hydrogen-bond donors (Lipinski definition) is 1. The fourth-order valence-corrected chi connectivity index (χ4v) is 4.88. The summed E-state index contributed by atoms with van der Waals surface area (Å²) in [4.78, 5) is 28.5. The lowest BCUT2D eigenvalue weighted by Crippen LogP contribution is -2.35. The molecule has 5 rings (SSSR count). The van der Waals surface area contributed by atoms with Crippen LogP contribution in [0.3, 0.4) is 0 Å². The number of benzene rings is 2. The van der Waals surface area contributed by atoms with Crippen molar-refractivity contribution in [3.8, 4) is 27.7 Å². The lowest BCUT2D eigenvalue weighted by Gasteiger charge is -2.27. The first-order chi connectivity index (χ1) is 15.2. The molecule has 4 aromatic rings. The predicted octanol–water partition coefficient (Wildman–Crippen LogP) is 4.13. The van der Waals surface area contributed by atoms with E-state index in [1.54, 1.807) is 18.4 Å². The van der Waals surface area contributed by atoms with Gasteiger partial charge in [0, 0.05) is 42.7 Å². The van der Waals surface area contributed by atoms with E-state index in [1.165, 1.54) is 0 Å². The first-order valence-electron chi connectivity index (χ1n) is 10.2. The maximum Gasteiger partial charge on any atom is 0.255 e. The lowest BCUT2D eigenvalue weighted by atomic mass is 10.1. The molecule has 31 heavy (non-hydrogen) atoms. The SMILES string of the molecule is COc1ccccc1-c1ncc(CN2CCc3nc(-c4ccccc4)[nH]c(=O)c3C2)s1. The van der Waals surface area contributed by atoms with E-state index < -0.39 is 0 Å². The Balaban J connectivity index is 1.34. The van der Waals surface area contributed by atoms with Gasteiger partial charge in [0.25, 0.3) is 5.56 Å². The molecule has 0 bridgehead atoms. The fraction of sp³-hybridized carbons (Fsp3) is 0.208. The van der Waals surface area contributed by atoms with Crippen LogP contribution in [-0.2, 0) is 19.5 Å². The van der Waals surface area contributed by atoms with Crippen molar-refractivity contribution in [2.45, 2.75) is 19.5 Å². The van der Waals surface area contributed by atoms with Crippen molar-refractivity contribution in [3.05, 3.63) is 87.3 Å². The third-order valence-electron chi connectivity index (χ3n) is 5.47. The highest BCUT2D eigenvalue weighted by Crippen LogP contribution is 2.33. The third-order valence-corrected chi connectivity index (χ3v) is 6.48. The molecule has 3 heterocycles. The summed E-state index contributed by atoms with van der Waals surface area (Å²) in [5.41, 5.74) is 3.54. The van der Waals surface area contributed by atoms with Crippen molar-refractivity contribution in [1.29, 1.82) is 0 Å². The standard InChI is InChI=1S/C24H22N4O2S/c1-30-21-10-6-5-9-18(21)24-25-13-17(31-24)14-28-12-11-20-19(15-28)23(29)27-22(26-20)16-7-3-2-4-8-16/h2-10,13H,11-12,14-15H2,1H3,(H,26,27,29). The maximum absolute atomic E-state index is 12.8. The van der Waals surface area contributed by atoms with E-state index in [2.05, 4.69) is 14.9 Å². The molecule has 0 saturated heterocycles. The van der Waals surface area contributed by atoms with Gasteiger partial charge in [0.1, 0.15) is 16.6 Å². The zero-order valence-corrected chi connectivity index (χ0v) is 18.0. The van der Waals surface area contributed by atoms with Gasteiger partial charge < -0.3 is 9.72 Å². The van der Waals surface area contributed by atoms with Crippen LogP contribution >= 0.6 is 11.3 Å². The molecule has 2 aromatic carbocycles. The van der Waals surface area contributed by atoms with Crippen molar-refractivity contribution in [3.63, 3.8) is 0 Å². The predicted molar refractivity (Wildman–Crippen MR) is 122 cm³/mol. The number of aromatic nitrogens is 3. The van der Waals surface area contributed by atoms with Crippen LogP contribution in [0.2, 0.25) is 0 Å². The molecule has 1 N–H and O–H groups in total. The highest BCUT2D eigenvalue weighted by Gasteiger charge is 2.22. The summed E-state index contributed by atoms with van der Waals surface area (Å²) < 4.78 is 5.46. The van der Waals surface area contributed by atoms with Gasteiger partial charge in [-0.15, -0.1) is 11.3 Å². The Morgan fingerprint density at radius 3 is 2.77 bits per heavy atom. The minimum absolute atomic E-state index is 0.0485. The summed E-state index contributed by atoms with van der Waals surface area (Å²) in [7, 11) is 1.67. The topological polar surface area (TPSA) is 71.1 Å². The maximum atomic E-state index is 12.8. The normalized spacial score (nSPS) is 13.7. The highest BCUT2D eigenvalue weighted by atomic mass is 32.1. The van der Waals surface area contributed by atoms with Crippen molar-refractivity contribution in [2.24, 2.45) is 0 Å². The smallest absolute Gasteiger partial charge is 0.255 e. The molecular formula is C24H22N4O2S. The molecule has 1 aliphatic heterocycles. The molecule has 0 spiro atoms. The van der Waals surface area contributed by atoms with E-state index in [9.17, 15) is 4.79 Å². The van der Waals surface area contributed by atoms with Crippen LogP contribution in [0.1, 0.15) is 16.1 Å². The number of nitrogens with one attached hydrogen (secondary N) is 1. The molecule has 0 aliphatic carbocycles. The number of methoxy groups -OCH3 is 1. The summed E-state index contributed by atoms with van der Waals surface area (Å²) >= 11 is 1.66. The number of nitrogens with zero attached hydrogens (tertiary/aromatic N) is 3. The Morgan fingerprint density at radius 1 is 1.13 bits per heavy atom. The van der Waals surface area contributed by atoms with Gasteiger partial charge in [-0.1, -0.05) is 42.5 Å². The Morgan fingerprint density at radius 2 is 1.94 bits per heavy atom. The molecule has 0 atom stereocenters. The number of H-pyrrole nitrogens is 1. The molecule has 7 heteroatoms. The van der Waals surface area contributed by atoms with Gasteiger partial charge in [-0.2, -0.15) is 0 Å². The molecule has 0 radical (unpaired) electrons. The van der Waals surface area contributed by atoms with Gasteiger partial charge in [0.2, 0.25) is 0 Å². The van der Waals surface area contributed by atoms with E-state index in [-0.39, 0.29) is 5.56 Å². The average molecular weight is 431 g/mol. The van der Waals surface area contributed by atoms with Crippen molar-refractivity contribution in [1.82, 2.24) is 19.9 Å². The molecule has 0 fully saturated rings. The molecule has 6 nitrogen and oxygen atoms in total. The summed E-state index contributed by atoms with van der Waals surface area (Å²) in [6, 6.07) is 17.7. The summed E-state index contributed by atoms with van der Waals surface area (Å²) in [5.74, 6) is 1.46. The first-order valence-corrected chi connectivity index (χ1v) is 11.0. The zero-order chi connectivity index (χ0) is 21.2. The number of ether oxygens (including phenoxy) is 1. The van der Waals surface area contributed by atoms with Gasteiger partial charge in [0.05, 0.1) is 23.9 Å². The van der Waals surface area contributed by atoms with Gasteiger partial charge in [-0.3, -0.25) is 9.69 Å². The van der Waals surface area contributed by atoms with Crippen LogP contribution in [0.15, 0.2) is 65.6 Å². The van der Waals surface area contributed by atoms with Gasteiger partial charge in [-0.25, -0.2) is 9.97 Å². The third kappa shape index (κ3) is 4.02. The van der Waals surface area contributed by atoms with E-state index >= 15 is 0 Å². The van der Waals surface area contributed by atoms with Crippen LogP contribution in [0, 0.1) is 0 Å². The molecule has 0 saturated carbocycles. The second kappa shape index (κ2) is 8.45. The van der Waals surface area contributed by atoms with Crippen molar-refractivity contribution in [2.75, 3.05) is 13.7 Å². The Kier molecular flexibility index (Phi) is 5.36. The lowest BCUT2D eigenvalue weighted by molar-refractivity contribution is 0.244. The molecule has 2 aromatic heterocycles. The molecule has 0 amide bonds. The van der Waals surface area contributed by atoms with Crippen LogP contribution < -0.4 is 10.3 Å². The van der Waals surface area contributed by atoms with E-state index in [0.717, 1.165) is 57.5 Å². The van der Waals surface area contributed by atoms with Gasteiger partial charge in [-0.05, 0) is 12.1 Å². The van der Waals surface area contributed by atoms with Gasteiger partial charge in [0.15, 0.2) is 0 Å². The number of para-hydroxylation sites is 1.